The summed E-state index contributed by atoms with van der Waals surface area (Å²) in [4.78, 5) is 14.1. The molecule has 0 saturated carbocycles. The van der Waals surface area contributed by atoms with Crippen LogP contribution < -0.4 is 16.0 Å². The van der Waals surface area contributed by atoms with E-state index in [-0.39, 0.29) is 6.09 Å². The van der Waals surface area contributed by atoms with E-state index in [1.54, 1.807) is 0 Å². The molecular formula is C20H31N3O2. The quantitative estimate of drug-likeness (QED) is 0.808. The molecule has 0 atom stereocenters. The minimum Gasteiger partial charge on any atom is -0.444 e. The van der Waals surface area contributed by atoms with Gasteiger partial charge in [-0.25, -0.2) is 4.79 Å². The summed E-state index contributed by atoms with van der Waals surface area (Å²) in [6.45, 7) is 14.2. The van der Waals surface area contributed by atoms with Gasteiger partial charge in [-0.2, -0.15) is 0 Å². The van der Waals surface area contributed by atoms with Crippen LogP contribution in [0.3, 0.4) is 0 Å². The van der Waals surface area contributed by atoms with E-state index in [2.05, 4.69) is 22.9 Å². The van der Waals surface area contributed by atoms with Gasteiger partial charge in [0.05, 0.1) is 11.4 Å². The smallest absolute Gasteiger partial charge is 0.407 e. The molecule has 0 aliphatic carbocycles. The molecule has 138 valence electrons. The number of benzene rings is 1. The molecule has 1 saturated heterocycles. The molecule has 1 fully saturated rings. The Balaban J connectivity index is 1.90. The van der Waals surface area contributed by atoms with Gasteiger partial charge in [0, 0.05) is 25.2 Å². The van der Waals surface area contributed by atoms with Gasteiger partial charge in [0.25, 0.3) is 0 Å². The number of nitrogen functional groups attached to an aromatic ring is 1. The van der Waals surface area contributed by atoms with E-state index in [1.807, 2.05) is 39.8 Å². The molecule has 1 amide bonds. The summed E-state index contributed by atoms with van der Waals surface area (Å²) in [6.07, 6.45) is 1.69. The highest BCUT2D eigenvalue weighted by Crippen LogP contribution is 2.34. The van der Waals surface area contributed by atoms with E-state index in [0.29, 0.717) is 12.5 Å². The third-order valence-corrected chi connectivity index (χ3v) is 4.39. The second kappa shape index (κ2) is 7.81. The van der Waals surface area contributed by atoms with Crippen molar-refractivity contribution < 1.29 is 9.53 Å². The van der Waals surface area contributed by atoms with Crippen molar-refractivity contribution in [3.63, 3.8) is 0 Å². The Bertz CT molecular complexity index is 626. The number of carbonyl (C=O) groups excluding carboxylic acids is 1. The van der Waals surface area contributed by atoms with Gasteiger partial charge in [0.15, 0.2) is 0 Å². The fourth-order valence-corrected chi connectivity index (χ4v) is 3.16. The summed E-state index contributed by atoms with van der Waals surface area (Å²) in [5.41, 5.74) is 9.79. The number of nitrogens with one attached hydrogen (secondary N) is 1. The van der Waals surface area contributed by atoms with Crippen LogP contribution in [-0.4, -0.2) is 31.3 Å². The lowest BCUT2D eigenvalue weighted by atomic mass is 9.95. The molecule has 1 aliphatic heterocycles. The number of piperidine rings is 1. The second-order valence-electron chi connectivity index (χ2n) is 7.84. The first-order chi connectivity index (χ1) is 11.7. The molecule has 0 unspecified atom stereocenters. The van der Waals surface area contributed by atoms with Crippen LogP contribution >= 0.6 is 0 Å². The van der Waals surface area contributed by atoms with Crippen LogP contribution in [0.1, 0.15) is 46.1 Å². The molecule has 1 aromatic carbocycles. The molecule has 1 aliphatic rings. The third kappa shape index (κ3) is 5.41. The molecular weight excluding hydrogens is 314 g/mol. The Kier molecular flexibility index (Phi) is 5.98. The molecule has 25 heavy (non-hydrogen) atoms. The zero-order valence-corrected chi connectivity index (χ0v) is 15.9. The zero-order valence-electron chi connectivity index (χ0n) is 15.9. The minimum atomic E-state index is -0.461. The fraction of sp³-hybridized carbons (Fsp3) is 0.550. The maximum absolute atomic E-state index is 11.8. The van der Waals surface area contributed by atoms with Gasteiger partial charge in [-0.05, 0) is 58.1 Å². The fourth-order valence-electron chi connectivity index (χ4n) is 3.16. The highest BCUT2D eigenvalue weighted by molar-refractivity contribution is 5.83. The molecule has 2 rings (SSSR count). The normalized spacial score (nSPS) is 15.8. The lowest BCUT2D eigenvalue weighted by molar-refractivity contribution is 0.0517. The van der Waals surface area contributed by atoms with E-state index >= 15 is 0 Å². The number of hydrogen-bond acceptors (Lipinski definition) is 4. The number of amides is 1. The Morgan fingerprint density at radius 2 is 2.00 bits per heavy atom. The summed E-state index contributed by atoms with van der Waals surface area (Å²) in [5, 5.41) is 2.89. The van der Waals surface area contributed by atoms with Crippen molar-refractivity contribution in [2.45, 2.75) is 46.1 Å². The summed E-state index contributed by atoms with van der Waals surface area (Å²) >= 11 is 0. The predicted octanol–water partition coefficient (Wildman–Crippen LogP) is 4.04. The number of ether oxygens (including phenoxy) is 1. The van der Waals surface area contributed by atoms with E-state index in [4.69, 9.17) is 10.5 Å². The molecule has 0 spiro atoms. The third-order valence-electron chi connectivity index (χ3n) is 4.39. The first-order valence-electron chi connectivity index (χ1n) is 8.93. The average Bonchev–Trinajstić information content (AvgIpc) is 2.51. The molecule has 0 radical (unpaired) electrons. The number of hydrogen-bond donors (Lipinski definition) is 2. The lowest BCUT2D eigenvalue weighted by Crippen LogP contribution is -2.40. The maximum Gasteiger partial charge on any atom is 0.407 e. The van der Waals surface area contributed by atoms with Gasteiger partial charge in [0.1, 0.15) is 5.60 Å². The number of allylic oxidation sites excluding steroid dienone is 1. The van der Waals surface area contributed by atoms with Crippen LogP contribution in [0.2, 0.25) is 0 Å². The number of rotatable bonds is 4. The van der Waals surface area contributed by atoms with E-state index in [9.17, 15) is 4.79 Å². The van der Waals surface area contributed by atoms with Crippen LogP contribution in [0.15, 0.2) is 24.8 Å². The van der Waals surface area contributed by atoms with Crippen molar-refractivity contribution in [1.82, 2.24) is 5.32 Å². The van der Waals surface area contributed by atoms with Crippen LogP contribution in [-0.2, 0) is 4.74 Å². The molecule has 5 nitrogen and oxygen atoms in total. The standard InChI is InChI=1S/C20H31N3O2/c1-14(2)16-7-6-8-17(21)18(16)23-11-9-15(10-12-23)13-22-19(24)25-20(3,4)5/h6-8,15H,1,9-13,21H2,2-5H3,(H,22,24). The highest BCUT2D eigenvalue weighted by Gasteiger charge is 2.24. The van der Waals surface area contributed by atoms with Crippen molar-refractivity contribution in [1.29, 1.82) is 0 Å². The molecule has 1 heterocycles. The SMILES string of the molecule is C=C(C)c1cccc(N)c1N1CCC(CNC(=O)OC(C)(C)C)CC1. The van der Waals surface area contributed by atoms with Crippen LogP contribution in [0, 0.1) is 5.92 Å². The first kappa shape index (κ1) is 19.2. The molecule has 3 N–H and O–H groups in total. The summed E-state index contributed by atoms with van der Waals surface area (Å²) in [6, 6.07) is 5.99. The van der Waals surface area contributed by atoms with Crippen LogP contribution in [0.25, 0.3) is 5.57 Å². The number of nitrogens with zero attached hydrogens (tertiary/aromatic N) is 1. The van der Waals surface area contributed by atoms with E-state index in [1.165, 1.54) is 0 Å². The monoisotopic (exact) mass is 345 g/mol. The Labute approximate surface area is 151 Å². The first-order valence-corrected chi connectivity index (χ1v) is 8.93. The van der Waals surface area contributed by atoms with Crippen LogP contribution in [0.4, 0.5) is 16.2 Å². The zero-order chi connectivity index (χ0) is 18.6. The van der Waals surface area contributed by atoms with Gasteiger partial charge in [-0.15, -0.1) is 0 Å². The maximum atomic E-state index is 11.8. The Morgan fingerprint density at radius 3 is 2.56 bits per heavy atom. The number of para-hydroxylation sites is 1. The van der Waals surface area contributed by atoms with Crippen LogP contribution in [0.5, 0.6) is 0 Å². The summed E-state index contributed by atoms with van der Waals surface area (Å²) < 4.78 is 5.29. The number of nitrogens with two attached hydrogens (primary N) is 1. The van der Waals surface area contributed by atoms with Crippen molar-refractivity contribution >= 4 is 23.0 Å². The van der Waals surface area contributed by atoms with Gasteiger partial charge in [-0.3, -0.25) is 0 Å². The van der Waals surface area contributed by atoms with Gasteiger partial charge >= 0.3 is 6.09 Å². The number of anilines is 2. The Morgan fingerprint density at radius 1 is 1.36 bits per heavy atom. The number of carbonyl (C=O) groups is 1. The summed E-state index contributed by atoms with van der Waals surface area (Å²) in [5.74, 6) is 0.460. The van der Waals surface area contributed by atoms with E-state index in [0.717, 1.165) is 48.4 Å². The molecule has 0 aromatic heterocycles. The topological polar surface area (TPSA) is 67.6 Å². The van der Waals surface area contributed by atoms with Gasteiger partial charge < -0.3 is 20.7 Å². The Hall–Kier alpha value is -2.17. The average molecular weight is 345 g/mol. The van der Waals surface area contributed by atoms with E-state index < -0.39 is 5.60 Å². The van der Waals surface area contributed by atoms with Crippen molar-refractivity contribution in [3.8, 4) is 0 Å². The second-order valence-corrected chi connectivity index (χ2v) is 7.84. The lowest BCUT2D eigenvalue weighted by Gasteiger charge is -2.35. The minimum absolute atomic E-state index is 0.341. The van der Waals surface area contributed by atoms with Gasteiger partial charge in [0.2, 0.25) is 0 Å². The number of alkyl carbamates (subject to hydrolysis) is 1. The largest absolute Gasteiger partial charge is 0.444 e. The predicted molar refractivity (Wildman–Crippen MR) is 105 cm³/mol. The van der Waals surface area contributed by atoms with Gasteiger partial charge in [-0.1, -0.05) is 18.7 Å². The molecule has 5 heteroatoms. The molecule has 0 bridgehead atoms. The van der Waals surface area contributed by atoms with Crippen molar-refractivity contribution in [2.24, 2.45) is 5.92 Å². The highest BCUT2D eigenvalue weighted by atomic mass is 16.6. The van der Waals surface area contributed by atoms with Crippen molar-refractivity contribution in [3.05, 3.63) is 30.3 Å². The summed E-state index contributed by atoms with van der Waals surface area (Å²) in [7, 11) is 0. The molecule has 1 aromatic rings. The van der Waals surface area contributed by atoms with Crippen molar-refractivity contribution in [2.75, 3.05) is 30.3 Å².